The molecule has 0 spiro atoms. The third kappa shape index (κ3) is 2.91. The molecule has 0 saturated carbocycles. The molecule has 0 aliphatic rings. The number of nitrogens with two attached hydrogens (primary N) is 1. The lowest BCUT2D eigenvalue weighted by molar-refractivity contribution is 0.601. The fourth-order valence-corrected chi connectivity index (χ4v) is 2.50. The van der Waals surface area contributed by atoms with Gasteiger partial charge in [-0.05, 0) is 36.8 Å². The van der Waals surface area contributed by atoms with Crippen LogP contribution in [0.4, 0.5) is 11.5 Å². The molecule has 1 heterocycles. The van der Waals surface area contributed by atoms with E-state index in [0.717, 1.165) is 0 Å². The highest BCUT2D eigenvalue weighted by atomic mass is 32.2. The molecule has 0 aliphatic carbocycles. The Kier molecular flexibility index (Phi) is 3.26. The van der Waals surface area contributed by atoms with Crippen molar-refractivity contribution in [2.75, 3.05) is 10.5 Å². The number of hydrogen-bond donors (Lipinski definition) is 3. The monoisotopic (exact) mass is 280 g/mol. The van der Waals surface area contributed by atoms with Crippen molar-refractivity contribution in [3.8, 4) is 0 Å². The van der Waals surface area contributed by atoms with Gasteiger partial charge in [-0.3, -0.25) is 9.52 Å². The van der Waals surface area contributed by atoms with Crippen LogP contribution in [0.1, 0.15) is 5.56 Å². The number of H-pyrrole nitrogens is 1. The lowest BCUT2D eigenvalue weighted by Crippen LogP contribution is -2.16. The van der Waals surface area contributed by atoms with Gasteiger partial charge in [-0.25, -0.2) is 13.5 Å². The number of nitrogens with one attached hydrogen (secondary N) is 2. The Labute approximate surface area is 109 Å². The Morgan fingerprint density at radius 3 is 2.58 bits per heavy atom. The molecular formula is C11H12N4O3S. The number of aromatic nitrogens is 2. The third-order valence-corrected chi connectivity index (χ3v) is 3.82. The maximum absolute atomic E-state index is 12.1. The summed E-state index contributed by atoms with van der Waals surface area (Å²) in [5.74, 6) is 0.0362. The van der Waals surface area contributed by atoms with Crippen molar-refractivity contribution in [3.63, 3.8) is 0 Å². The van der Waals surface area contributed by atoms with Gasteiger partial charge in [-0.1, -0.05) is 0 Å². The summed E-state index contributed by atoms with van der Waals surface area (Å²) in [4.78, 5) is 10.9. The molecule has 0 saturated heterocycles. The Balaban J connectivity index is 2.34. The summed E-state index contributed by atoms with van der Waals surface area (Å²) in [5.41, 5.74) is 6.40. The predicted molar refractivity (Wildman–Crippen MR) is 71.3 cm³/mol. The van der Waals surface area contributed by atoms with Gasteiger partial charge < -0.3 is 5.73 Å². The summed E-state index contributed by atoms with van der Waals surface area (Å²) in [7, 11) is -3.76. The van der Waals surface area contributed by atoms with Gasteiger partial charge in [0.25, 0.3) is 15.6 Å². The van der Waals surface area contributed by atoms with E-state index in [9.17, 15) is 13.2 Å². The first-order valence-corrected chi connectivity index (χ1v) is 6.81. The van der Waals surface area contributed by atoms with Gasteiger partial charge in [0, 0.05) is 11.8 Å². The van der Waals surface area contributed by atoms with Crippen LogP contribution in [-0.4, -0.2) is 18.6 Å². The second-order valence-electron chi connectivity index (χ2n) is 3.93. The van der Waals surface area contributed by atoms with Crippen LogP contribution >= 0.6 is 0 Å². The molecule has 2 aromatic rings. The molecule has 0 atom stereocenters. The van der Waals surface area contributed by atoms with E-state index in [1.54, 1.807) is 6.92 Å². The second-order valence-corrected chi connectivity index (χ2v) is 5.61. The Morgan fingerprint density at radius 1 is 1.26 bits per heavy atom. The van der Waals surface area contributed by atoms with E-state index in [1.165, 1.54) is 30.3 Å². The average Bonchev–Trinajstić information content (AvgIpc) is 2.35. The van der Waals surface area contributed by atoms with Crippen molar-refractivity contribution in [1.29, 1.82) is 0 Å². The van der Waals surface area contributed by atoms with E-state index in [4.69, 9.17) is 5.73 Å². The molecule has 0 aliphatic heterocycles. The lowest BCUT2D eigenvalue weighted by Gasteiger charge is -2.08. The predicted octanol–water partition coefficient (Wildman–Crippen LogP) is 0.461. The number of rotatable bonds is 3. The summed E-state index contributed by atoms with van der Waals surface area (Å²) in [5, 5.41) is 5.72. The number of sulfonamides is 1. The minimum atomic E-state index is -3.76. The topological polar surface area (TPSA) is 118 Å². The van der Waals surface area contributed by atoms with Crippen LogP contribution in [-0.2, 0) is 10.0 Å². The molecule has 0 unspecified atom stereocenters. The number of anilines is 2. The fraction of sp³-hybridized carbons (Fsp3) is 0.0909. The normalized spacial score (nSPS) is 11.2. The summed E-state index contributed by atoms with van der Waals surface area (Å²) in [6, 6.07) is 6.84. The van der Waals surface area contributed by atoms with Crippen molar-refractivity contribution in [2.45, 2.75) is 11.8 Å². The smallest absolute Gasteiger partial charge is 0.264 e. The summed E-state index contributed by atoms with van der Waals surface area (Å²) in [6.45, 7) is 1.71. The molecule has 0 bridgehead atoms. The molecule has 0 fully saturated rings. The number of aromatic amines is 1. The van der Waals surface area contributed by atoms with Gasteiger partial charge in [-0.2, -0.15) is 5.10 Å². The van der Waals surface area contributed by atoms with E-state index >= 15 is 0 Å². The number of hydrogen-bond acceptors (Lipinski definition) is 5. The largest absolute Gasteiger partial charge is 0.399 e. The maximum atomic E-state index is 12.1. The number of nitrogen functional groups attached to an aromatic ring is 1. The molecule has 2 rings (SSSR count). The zero-order valence-electron chi connectivity index (χ0n) is 10.0. The molecule has 0 radical (unpaired) electrons. The van der Waals surface area contributed by atoms with Crippen molar-refractivity contribution in [1.82, 2.24) is 10.2 Å². The van der Waals surface area contributed by atoms with Crippen molar-refractivity contribution < 1.29 is 8.42 Å². The highest BCUT2D eigenvalue weighted by Gasteiger charge is 2.15. The van der Waals surface area contributed by atoms with Crippen LogP contribution in [0.5, 0.6) is 0 Å². The van der Waals surface area contributed by atoms with Gasteiger partial charge in [0.15, 0.2) is 5.82 Å². The standard InChI is InChI=1S/C11H12N4O3S/c1-7-6-8(2-3-9(7)12)19(17,18)15-10-4-5-11(16)14-13-10/h2-6H,12H2,1H3,(H,13,15)(H,14,16). The van der Waals surface area contributed by atoms with Crippen LogP contribution in [0.25, 0.3) is 0 Å². The van der Waals surface area contributed by atoms with E-state index in [1.807, 2.05) is 0 Å². The van der Waals surface area contributed by atoms with Crippen LogP contribution in [0.2, 0.25) is 0 Å². The maximum Gasteiger partial charge on any atom is 0.264 e. The molecule has 8 heteroatoms. The number of aryl methyl sites for hydroxylation is 1. The van der Waals surface area contributed by atoms with Crippen molar-refractivity contribution in [3.05, 3.63) is 46.2 Å². The van der Waals surface area contributed by atoms with Gasteiger partial charge in [0.05, 0.1) is 4.90 Å². The molecule has 100 valence electrons. The Hall–Kier alpha value is -2.35. The van der Waals surface area contributed by atoms with Crippen molar-refractivity contribution in [2.24, 2.45) is 0 Å². The first-order chi connectivity index (χ1) is 8.88. The zero-order chi connectivity index (χ0) is 14.0. The molecule has 1 aromatic heterocycles. The number of nitrogens with zero attached hydrogens (tertiary/aromatic N) is 1. The van der Waals surface area contributed by atoms with Crippen LogP contribution < -0.4 is 16.0 Å². The molecular weight excluding hydrogens is 268 g/mol. The van der Waals surface area contributed by atoms with E-state index in [0.29, 0.717) is 11.3 Å². The SMILES string of the molecule is Cc1cc(S(=O)(=O)Nc2ccc(=O)[nH]n2)ccc1N. The van der Waals surface area contributed by atoms with E-state index in [-0.39, 0.29) is 10.7 Å². The summed E-state index contributed by atoms with van der Waals surface area (Å²) < 4.78 is 26.4. The Morgan fingerprint density at radius 2 is 2.00 bits per heavy atom. The lowest BCUT2D eigenvalue weighted by atomic mass is 10.2. The summed E-state index contributed by atoms with van der Waals surface area (Å²) in [6.07, 6.45) is 0. The van der Waals surface area contributed by atoms with Crippen LogP contribution in [0.15, 0.2) is 40.0 Å². The minimum Gasteiger partial charge on any atom is -0.399 e. The van der Waals surface area contributed by atoms with Gasteiger partial charge in [0.1, 0.15) is 0 Å². The van der Waals surface area contributed by atoms with E-state index < -0.39 is 15.6 Å². The quantitative estimate of drug-likeness (QED) is 0.706. The molecule has 0 amide bonds. The molecule has 7 nitrogen and oxygen atoms in total. The Bertz CT molecular complexity index is 747. The fourth-order valence-electron chi connectivity index (χ4n) is 1.41. The first kappa shape index (κ1) is 13.1. The van der Waals surface area contributed by atoms with Gasteiger partial charge in [-0.15, -0.1) is 0 Å². The van der Waals surface area contributed by atoms with Crippen LogP contribution in [0, 0.1) is 6.92 Å². The third-order valence-electron chi connectivity index (χ3n) is 2.47. The van der Waals surface area contributed by atoms with Crippen molar-refractivity contribution >= 4 is 21.5 Å². The highest BCUT2D eigenvalue weighted by molar-refractivity contribution is 7.92. The van der Waals surface area contributed by atoms with E-state index in [2.05, 4.69) is 14.9 Å². The average molecular weight is 280 g/mol. The first-order valence-electron chi connectivity index (χ1n) is 5.33. The minimum absolute atomic E-state index is 0.0362. The summed E-state index contributed by atoms with van der Waals surface area (Å²) >= 11 is 0. The number of benzene rings is 1. The molecule has 19 heavy (non-hydrogen) atoms. The van der Waals surface area contributed by atoms with Crippen LogP contribution in [0.3, 0.4) is 0 Å². The molecule has 1 aromatic carbocycles. The zero-order valence-corrected chi connectivity index (χ0v) is 10.9. The molecule has 4 N–H and O–H groups in total. The second kappa shape index (κ2) is 4.73. The van der Waals surface area contributed by atoms with Gasteiger partial charge in [0.2, 0.25) is 0 Å². The highest BCUT2D eigenvalue weighted by Crippen LogP contribution is 2.18. The van der Waals surface area contributed by atoms with Gasteiger partial charge >= 0.3 is 0 Å².